The predicted molar refractivity (Wildman–Crippen MR) is 43.6 cm³/mol. The SMILES string of the molecule is CC1(C)COCC(CBr)O1. The third kappa shape index (κ3) is 2.22. The maximum Gasteiger partial charge on any atom is 0.0913 e. The quantitative estimate of drug-likeness (QED) is 0.610. The molecule has 1 heterocycles. The number of halogens is 1. The first-order valence-electron chi connectivity index (χ1n) is 3.45. The van der Waals surface area contributed by atoms with E-state index >= 15 is 0 Å². The molecule has 1 rings (SSSR count). The Balaban J connectivity index is 2.40. The van der Waals surface area contributed by atoms with Crippen LogP contribution >= 0.6 is 15.9 Å². The van der Waals surface area contributed by atoms with Crippen LogP contribution in [0.5, 0.6) is 0 Å². The lowest BCUT2D eigenvalue weighted by atomic mass is 10.1. The zero-order chi connectivity index (χ0) is 7.61. The van der Waals surface area contributed by atoms with Crippen molar-refractivity contribution in [3.05, 3.63) is 0 Å². The van der Waals surface area contributed by atoms with Crippen LogP contribution in [0, 0.1) is 0 Å². The van der Waals surface area contributed by atoms with E-state index in [1.807, 2.05) is 13.8 Å². The summed E-state index contributed by atoms with van der Waals surface area (Å²) < 4.78 is 11.0. The van der Waals surface area contributed by atoms with Gasteiger partial charge in [-0.3, -0.25) is 0 Å². The summed E-state index contributed by atoms with van der Waals surface area (Å²) in [5.41, 5.74) is -0.101. The Labute approximate surface area is 70.0 Å². The van der Waals surface area contributed by atoms with Crippen LogP contribution in [0.15, 0.2) is 0 Å². The summed E-state index contributed by atoms with van der Waals surface area (Å²) in [6.07, 6.45) is 0.226. The molecule has 3 heteroatoms. The Morgan fingerprint density at radius 3 is 2.70 bits per heavy atom. The average Bonchev–Trinajstić information content (AvgIpc) is 1.86. The Hall–Kier alpha value is 0.400. The first-order chi connectivity index (χ1) is 4.64. The highest BCUT2D eigenvalue weighted by Crippen LogP contribution is 2.19. The molecule has 2 nitrogen and oxygen atoms in total. The van der Waals surface area contributed by atoms with Gasteiger partial charge in [0, 0.05) is 5.33 Å². The molecule has 0 radical (unpaired) electrons. The van der Waals surface area contributed by atoms with Crippen LogP contribution in [0.1, 0.15) is 13.8 Å². The van der Waals surface area contributed by atoms with Gasteiger partial charge in [-0.1, -0.05) is 15.9 Å². The van der Waals surface area contributed by atoms with E-state index in [0.29, 0.717) is 13.2 Å². The zero-order valence-electron chi connectivity index (χ0n) is 6.39. The summed E-state index contributed by atoms with van der Waals surface area (Å²) in [7, 11) is 0. The second kappa shape index (κ2) is 3.20. The van der Waals surface area contributed by atoms with Gasteiger partial charge >= 0.3 is 0 Å². The molecule has 1 unspecified atom stereocenters. The molecule has 0 aromatic carbocycles. The smallest absolute Gasteiger partial charge is 0.0913 e. The van der Waals surface area contributed by atoms with Crippen molar-refractivity contribution in [3.8, 4) is 0 Å². The number of ether oxygens (including phenoxy) is 2. The topological polar surface area (TPSA) is 18.5 Å². The van der Waals surface area contributed by atoms with E-state index in [2.05, 4.69) is 15.9 Å². The van der Waals surface area contributed by atoms with Crippen LogP contribution < -0.4 is 0 Å². The standard InChI is InChI=1S/C7H13BrO2/c1-7(2)5-9-4-6(3-8)10-7/h6H,3-5H2,1-2H3. The minimum atomic E-state index is -0.101. The van der Waals surface area contributed by atoms with Crippen molar-refractivity contribution in [2.45, 2.75) is 25.6 Å². The van der Waals surface area contributed by atoms with Gasteiger partial charge in [-0.25, -0.2) is 0 Å². The Morgan fingerprint density at radius 2 is 2.30 bits per heavy atom. The number of hydrogen-bond acceptors (Lipinski definition) is 2. The minimum Gasteiger partial charge on any atom is -0.376 e. The van der Waals surface area contributed by atoms with Crippen LogP contribution in [0.4, 0.5) is 0 Å². The highest BCUT2D eigenvalue weighted by atomic mass is 79.9. The Morgan fingerprint density at radius 1 is 1.60 bits per heavy atom. The lowest BCUT2D eigenvalue weighted by Gasteiger charge is -2.35. The molecule has 1 aliphatic rings. The summed E-state index contributed by atoms with van der Waals surface area (Å²) in [6.45, 7) is 5.51. The first-order valence-corrected chi connectivity index (χ1v) is 4.58. The summed E-state index contributed by atoms with van der Waals surface area (Å²) >= 11 is 3.36. The molecule has 0 saturated carbocycles. The molecule has 0 aliphatic carbocycles. The van der Waals surface area contributed by atoms with Gasteiger partial charge in [0.05, 0.1) is 24.9 Å². The van der Waals surface area contributed by atoms with E-state index in [1.54, 1.807) is 0 Å². The molecule has 0 aromatic heterocycles. The van der Waals surface area contributed by atoms with Gasteiger partial charge in [-0.15, -0.1) is 0 Å². The fraction of sp³-hybridized carbons (Fsp3) is 1.00. The maximum absolute atomic E-state index is 5.65. The molecular weight excluding hydrogens is 196 g/mol. The van der Waals surface area contributed by atoms with Gasteiger partial charge in [0.15, 0.2) is 0 Å². The molecule has 0 N–H and O–H groups in total. The highest BCUT2D eigenvalue weighted by Gasteiger charge is 2.28. The van der Waals surface area contributed by atoms with Crippen LogP contribution in [-0.2, 0) is 9.47 Å². The fourth-order valence-corrected chi connectivity index (χ4v) is 1.35. The molecule has 60 valence electrons. The van der Waals surface area contributed by atoms with E-state index in [0.717, 1.165) is 5.33 Å². The summed E-state index contributed by atoms with van der Waals surface area (Å²) in [5.74, 6) is 0. The molecule has 1 saturated heterocycles. The van der Waals surface area contributed by atoms with Crippen LogP contribution in [-0.4, -0.2) is 30.2 Å². The number of rotatable bonds is 1. The molecule has 0 amide bonds. The molecular formula is C7H13BrO2. The Kier molecular flexibility index (Phi) is 2.72. The van der Waals surface area contributed by atoms with Crippen molar-refractivity contribution in [3.63, 3.8) is 0 Å². The third-order valence-corrected chi connectivity index (χ3v) is 2.13. The largest absolute Gasteiger partial charge is 0.376 e. The van der Waals surface area contributed by atoms with Crippen molar-refractivity contribution in [2.75, 3.05) is 18.5 Å². The molecule has 1 fully saturated rings. The van der Waals surface area contributed by atoms with E-state index in [4.69, 9.17) is 9.47 Å². The molecule has 10 heavy (non-hydrogen) atoms. The normalized spacial score (nSPS) is 32.1. The molecule has 0 spiro atoms. The van der Waals surface area contributed by atoms with Crippen molar-refractivity contribution < 1.29 is 9.47 Å². The van der Waals surface area contributed by atoms with Crippen molar-refractivity contribution in [1.82, 2.24) is 0 Å². The van der Waals surface area contributed by atoms with E-state index < -0.39 is 0 Å². The van der Waals surface area contributed by atoms with E-state index in [9.17, 15) is 0 Å². The maximum atomic E-state index is 5.65. The van der Waals surface area contributed by atoms with Gasteiger partial charge in [0.2, 0.25) is 0 Å². The van der Waals surface area contributed by atoms with Gasteiger partial charge in [-0.05, 0) is 13.8 Å². The van der Waals surface area contributed by atoms with E-state index in [-0.39, 0.29) is 11.7 Å². The monoisotopic (exact) mass is 208 g/mol. The van der Waals surface area contributed by atoms with Gasteiger partial charge in [0.25, 0.3) is 0 Å². The summed E-state index contributed by atoms with van der Waals surface area (Å²) in [5, 5.41) is 0.858. The van der Waals surface area contributed by atoms with Crippen molar-refractivity contribution >= 4 is 15.9 Å². The lowest BCUT2D eigenvalue weighted by Crippen LogP contribution is -2.43. The molecule has 0 aromatic rings. The second-order valence-electron chi connectivity index (χ2n) is 3.17. The molecule has 1 atom stereocenters. The van der Waals surface area contributed by atoms with Crippen LogP contribution in [0.25, 0.3) is 0 Å². The summed E-state index contributed by atoms with van der Waals surface area (Å²) in [6, 6.07) is 0. The Bertz CT molecular complexity index is 114. The van der Waals surface area contributed by atoms with Crippen LogP contribution in [0.2, 0.25) is 0 Å². The highest BCUT2D eigenvalue weighted by molar-refractivity contribution is 9.09. The van der Waals surface area contributed by atoms with Crippen molar-refractivity contribution in [2.24, 2.45) is 0 Å². The first kappa shape index (κ1) is 8.50. The minimum absolute atomic E-state index is 0.101. The number of hydrogen-bond donors (Lipinski definition) is 0. The number of alkyl halides is 1. The second-order valence-corrected chi connectivity index (χ2v) is 3.82. The average molecular weight is 209 g/mol. The van der Waals surface area contributed by atoms with E-state index in [1.165, 1.54) is 0 Å². The molecule has 1 aliphatic heterocycles. The molecule has 0 bridgehead atoms. The van der Waals surface area contributed by atoms with Crippen LogP contribution in [0.3, 0.4) is 0 Å². The van der Waals surface area contributed by atoms with Gasteiger partial charge in [-0.2, -0.15) is 0 Å². The lowest BCUT2D eigenvalue weighted by molar-refractivity contribution is -0.173. The fourth-order valence-electron chi connectivity index (χ4n) is 1.03. The van der Waals surface area contributed by atoms with Gasteiger partial charge in [0.1, 0.15) is 0 Å². The van der Waals surface area contributed by atoms with Gasteiger partial charge < -0.3 is 9.47 Å². The van der Waals surface area contributed by atoms with Crippen molar-refractivity contribution in [1.29, 1.82) is 0 Å². The summed E-state index contributed by atoms with van der Waals surface area (Å²) in [4.78, 5) is 0. The third-order valence-electron chi connectivity index (χ3n) is 1.41. The predicted octanol–water partition coefficient (Wildman–Crippen LogP) is 1.58. The zero-order valence-corrected chi connectivity index (χ0v) is 7.98.